The van der Waals surface area contributed by atoms with E-state index in [1.54, 1.807) is 6.92 Å². The van der Waals surface area contributed by atoms with Gasteiger partial charge in [-0.15, -0.1) is 0 Å². The van der Waals surface area contributed by atoms with E-state index in [9.17, 15) is 4.39 Å². The molecule has 2 bridgehead atoms. The molecule has 4 unspecified atom stereocenters. The molecular weight excluding hydrogens is 207 g/mol. The van der Waals surface area contributed by atoms with Gasteiger partial charge in [0.25, 0.3) is 0 Å². The highest BCUT2D eigenvalue weighted by molar-refractivity contribution is 9.09. The number of hydrogen-bond donors (Lipinski definition) is 0. The second kappa shape index (κ2) is 2.01. The van der Waals surface area contributed by atoms with Gasteiger partial charge >= 0.3 is 0 Å². The molecule has 0 aromatic heterocycles. The van der Waals surface area contributed by atoms with Gasteiger partial charge in [0.15, 0.2) is 0 Å². The van der Waals surface area contributed by atoms with E-state index in [0.29, 0.717) is 10.7 Å². The first-order chi connectivity index (χ1) is 4.98. The van der Waals surface area contributed by atoms with Crippen LogP contribution in [0.5, 0.6) is 0 Å². The lowest BCUT2D eigenvalue weighted by molar-refractivity contribution is 0.0654. The molecule has 0 spiro atoms. The fourth-order valence-corrected chi connectivity index (χ4v) is 3.90. The minimum Gasteiger partial charge on any atom is -0.243 e. The van der Waals surface area contributed by atoms with E-state index < -0.39 is 5.67 Å². The van der Waals surface area contributed by atoms with Crippen LogP contribution in [0.1, 0.15) is 33.1 Å². The summed E-state index contributed by atoms with van der Waals surface area (Å²) in [5.74, 6) is 0.317. The van der Waals surface area contributed by atoms with Crippen LogP contribution in [0.3, 0.4) is 0 Å². The summed E-state index contributed by atoms with van der Waals surface area (Å²) in [5.41, 5.74) is -1.00. The Balaban J connectivity index is 2.40. The maximum atomic E-state index is 14.1. The maximum Gasteiger partial charge on any atom is 0.117 e. The molecule has 64 valence electrons. The number of alkyl halides is 2. The third-order valence-electron chi connectivity index (χ3n) is 4.08. The molecule has 0 amide bonds. The Morgan fingerprint density at radius 3 is 2.27 bits per heavy atom. The molecule has 11 heavy (non-hydrogen) atoms. The van der Waals surface area contributed by atoms with Crippen molar-refractivity contribution in [2.75, 3.05) is 0 Å². The molecule has 2 heteroatoms. The van der Waals surface area contributed by atoms with E-state index in [4.69, 9.17) is 0 Å². The first-order valence-electron chi connectivity index (χ1n) is 4.31. The van der Waals surface area contributed by atoms with E-state index in [1.165, 1.54) is 0 Å². The molecule has 2 rings (SSSR count). The Kier molecular flexibility index (Phi) is 1.47. The van der Waals surface area contributed by atoms with Crippen molar-refractivity contribution in [2.45, 2.75) is 43.6 Å². The number of rotatable bonds is 0. The van der Waals surface area contributed by atoms with Crippen LogP contribution in [0, 0.1) is 11.3 Å². The molecule has 2 aliphatic carbocycles. The van der Waals surface area contributed by atoms with Crippen LogP contribution in [0.2, 0.25) is 0 Å². The minimum absolute atomic E-state index is 0.0856. The molecule has 0 N–H and O–H groups in total. The van der Waals surface area contributed by atoms with Crippen LogP contribution in [0.25, 0.3) is 0 Å². The zero-order chi connectivity index (χ0) is 8.28. The Hall–Kier alpha value is 0.410. The Morgan fingerprint density at radius 1 is 1.45 bits per heavy atom. The highest BCUT2D eigenvalue weighted by Gasteiger charge is 2.64. The van der Waals surface area contributed by atoms with Crippen LogP contribution < -0.4 is 0 Å². The molecule has 4 atom stereocenters. The van der Waals surface area contributed by atoms with Gasteiger partial charge in [0.1, 0.15) is 5.67 Å². The van der Waals surface area contributed by atoms with Gasteiger partial charge in [-0.3, -0.25) is 0 Å². The average molecular weight is 221 g/mol. The lowest BCUT2D eigenvalue weighted by Gasteiger charge is -2.33. The van der Waals surface area contributed by atoms with Gasteiger partial charge in [-0.2, -0.15) is 0 Å². The topological polar surface area (TPSA) is 0 Å². The van der Waals surface area contributed by atoms with Crippen molar-refractivity contribution in [1.82, 2.24) is 0 Å². The van der Waals surface area contributed by atoms with Crippen LogP contribution in [0.15, 0.2) is 0 Å². The summed E-state index contributed by atoms with van der Waals surface area (Å²) in [6.07, 6.45) is 3.18. The van der Waals surface area contributed by atoms with Crippen molar-refractivity contribution in [3.8, 4) is 0 Å². The Morgan fingerprint density at radius 2 is 2.09 bits per heavy atom. The Bertz CT molecular complexity index is 190. The van der Waals surface area contributed by atoms with Gasteiger partial charge in [-0.25, -0.2) is 4.39 Å². The zero-order valence-corrected chi connectivity index (χ0v) is 8.62. The molecule has 0 aromatic rings. The number of fused-ring (bicyclic) bond motifs is 2. The van der Waals surface area contributed by atoms with Gasteiger partial charge in [0.2, 0.25) is 0 Å². The van der Waals surface area contributed by atoms with E-state index in [0.717, 1.165) is 19.3 Å². The summed E-state index contributed by atoms with van der Waals surface area (Å²) in [6.45, 7) is 3.87. The van der Waals surface area contributed by atoms with Gasteiger partial charge in [0.05, 0.1) is 0 Å². The lowest BCUT2D eigenvalue weighted by atomic mass is 9.80. The summed E-state index contributed by atoms with van der Waals surface area (Å²) in [5, 5.41) is 0. The normalized spacial score (nSPS) is 62.2. The molecule has 0 aliphatic heterocycles. The quantitative estimate of drug-likeness (QED) is 0.550. The predicted molar refractivity (Wildman–Crippen MR) is 47.7 cm³/mol. The van der Waals surface area contributed by atoms with Gasteiger partial charge in [-0.1, -0.05) is 22.9 Å². The molecule has 0 radical (unpaired) electrons. The largest absolute Gasteiger partial charge is 0.243 e. The summed E-state index contributed by atoms with van der Waals surface area (Å²) in [4.78, 5) is 0.406. The smallest absolute Gasteiger partial charge is 0.117 e. The van der Waals surface area contributed by atoms with Gasteiger partial charge in [0, 0.05) is 10.2 Å². The maximum absolute atomic E-state index is 14.1. The lowest BCUT2D eigenvalue weighted by Crippen LogP contribution is -2.36. The van der Waals surface area contributed by atoms with Gasteiger partial charge < -0.3 is 0 Å². The minimum atomic E-state index is -0.916. The van der Waals surface area contributed by atoms with Crippen molar-refractivity contribution in [2.24, 2.45) is 11.3 Å². The van der Waals surface area contributed by atoms with Crippen molar-refractivity contribution in [3.63, 3.8) is 0 Å². The Labute approximate surface area is 75.7 Å². The van der Waals surface area contributed by atoms with Crippen LogP contribution in [0.4, 0.5) is 4.39 Å². The van der Waals surface area contributed by atoms with Crippen LogP contribution in [-0.4, -0.2) is 10.5 Å². The number of halogens is 2. The van der Waals surface area contributed by atoms with Gasteiger partial charge in [-0.05, 0) is 32.1 Å². The van der Waals surface area contributed by atoms with E-state index in [-0.39, 0.29) is 5.41 Å². The second-order valence-corrected chi connectivity index (χ2v) is 5.54. The number of hydrogen-bond acceptors (Lipinski definition) is 0. The molecule has 0 aromatic carbocycles. The molecule has 0 saturated heterocycles. The monoisotopic (exact) mass is 220 g/mol. The first kappa shape index (κ1) is 8.03. The van der Waals surface area contributed by atoms with E-state index >= 15 is 0 Å². The first-order valence-corrected chi connectivity index (χ1v) is 5.23. The third-order valence-corrected chi connectivity index (χ3v) is 5.46. The van der Waals surface area contributed by atoms with Crippen molar-refractivity contribution in [3.05, 3.63) is 0 Å². The van der Waals surface area contributed by atoms with Crippen LogP contribution in [-0.2, 0) is 0 Å². The van der Waals surface area contributed by atoms with Crippen molar-refractivity contribution in [1.29, 1.82) is 0 Å². The van der Waals surface area contributed by atoms with E-state index in [2.05, 4.69) is 22.9 Å². The zero-order valence-electron chi connectivity index (χ0n) is 7.03. The fourth-order valence-electron chi connectivity index (χ4n) is 2.77. The van der Waals surface area contributed by atoms with Crippen molar-refractivity contribution >= 4 is 15.9 Å². The predicted octanol–water partition coefficient (Wildman–Crippen LogP) is 3.30. The molecule has 2 saturated carbocycles. The van der Waals surface area contributed by atoms with E-state index in [1.807, 2.05) is 0 Å². The second-order valence-electron chi connectivity index (χ2n) is 4.43. The molecule has 2 fully saturated rings. The van der Waals surface area contributed by atoms with Crippen molar-refractivity contribution < 1.29 is 4.39 Å². The molecular formula is C9H14BrF. The SMILES string of the molecule is CC1(F)C2CCC1(C)C(Br)C2. The summed E-state index contributed by atoms with van der Waals surface area (Å²) >= 11 is 3.59. The summed E-state index contributed by atoms with van der Waals surface area (Å²) in [7, 11) is 0. The standard InChI is InChI=1S/C9H14BrF/c1-8-4-3-6(5-7(8)10)9(8,2)11/h6-7H,3-5H2,1-2H3. The average Bonchev–Trinajstić information content (AvgIpc) is 2.20. The summed E-state index contributed by atoms with van der Waals surface area (Å²) in [6, 6.07) is 0. The molecule has 0 nitrogen and oxygen atoms in total. The molecule has 0 heterocycles. The highest BCUT2D eigenvalue weighted by Crippen LogP contribution is 2.64. The summed E-state index contributed by atoms with van der Waals surface area (Å²) < 4.78 is 14.1. The molecule has 2 aliphatic rings. The third kappa shape index (κ3) is 0.746. The fraction of sp³-hybridized carbons (Fsp3) is 1.00. The highest BCUT2D eigenvalue weighted by atomic mass is 79.9. The van der Waals surface area contributed by atoms with Crippen LogP contribution >= 0.6 is 15.9 Å².